The minimum absolute atomic E-state index is 0.0341. The number of aryl methyl sites for hydroxylation is 2. The van der Waals surface area contributed by atoms with Gasteiger partial charge in [0.25, 0.3) is 0 Å². The van der Waals surface area contributed by atoms with Crippen molar-refractivity contribution < 1.29 is 9.59 Å². The van der Waals surface area contributed by atoms with Gasteiger partial charge in [-0.15, -0.1) is 5.10 Å². The van der Waals surface area contributed by atoms with E-state index < -0.39 is 6.04 Å². The minimum Gasteiger partial charge on any atom is -0.350 e. The second-order valence-electron chi connectivity index (χ2n) is 11.3. The van der Waals surface area contributed by atoms with Gasteiger partial charge in [-0.2, -0.15) is 0 Å². The minimum atomic E-state index is -0.487. The van der Waals surface area contributed by atoms with Gasteiger partial charge in [-0.25, -0.2) is 4.68 Å². The summed E-state index contributed by atoms with van der Waals surface area (Å²) < 4.78 is 1.73. The Morgan fingerprint density at radius 1 is 1.02 bits per heavy atom. The fourth-order valence-corrected chi connectivity index (χ4v) is 6.32. The third-order valence-corrected chi connectivity index (χ3v) is 8.59. The van der Waals surface area contributed by atoms with Gasteiger partial charge >= 0.3 is 0 Å². The Balaban J connectivity index is 1.17. The van der Waals surface area contributed by atoms with Crippen LogP contribution in [0.25, 0.3) is 11.0 Å². The lowest BCUT2D eigenvalue weighted by Crippen LogP contribution is -2.51. The van der Waals surface area contributed by atoms with Crippen LogP contribution in [0.5, 0.6) is 0 Å². The summed E-state index contributed by atoms with van der Waals surface area (Å²) >= 11 is 0. The Morgan fingerprint density at radius 2 is 1.82 bits per heavy atom. The van der Waals surface area contributed by atoms with E-state index >= 15 is 0 Å². The molecule has 3 aromatic carbocycles. The summed E-state index contributed by atoms with van der Waals surface area (Å²) in [5.41, 5.74) is 6.47. The Kier molecular flexibility index (Phi) is 7.34. The number of benzene rings is 3. The number of likely N-dealkylation sites (tertiary alicyclic amines) is 1. The predicted molar refractivity (Wildman–Crippen MR) is 154 cm³/mol. The summed E-state index contributed by atoms with van der Waals surface area (Å²) in [5, 5.41) is 14.8. The molecule has 206 valence electrons. The number of hydrogen-bond donors (Lipinski definition) is 2. The van der Waals surface area contributed by atoms with E-state index in [-0.39, 0.29) is 23.8 Å². The first-order chi connectivity index (χ1) is 19.5. The number of nitrogens with zero attached hydrogens (tertiary/aromatic N) is 4. The maximum absolute atomic E-state index is 13.9. The second-order valence-corrected chi connectivity index (χ2v) is 11.3. The Hall–Kier alpha value is -4.04. The van der Waals surface area contributed by atoms with Gasteiger partial charge < -0.3 is 15.5 Å². The van der Waals surface area contributed by atoms with E-state index in [4.69, 9.17) is 0 Å². The van der Waals surface area contributed by atoms with Gasteiger partial charge in [0.1, 0.15) is 11.6 Å². The fraction of sp³-hybridized carbons (Fsp3) is 0.375. The molecule has 1 aromatic heterocycles. The van der Waals surface area contributed by atoms with Crippen LogP contribution in [-0.4, -0.2) is 56.9 Å². The highest BCUT2D eigenvalue weighted by molar-refractivity contribution is 5.90. The van der Waals surface area contributed by atoms with Crippen LogP contribution in [0.1, 0.15) is 41.0 Å². The van der Waals surface area contributed by atoms with Crippen LogP contribution in [0.2, 0.25) is 0 Å². The lowest BCUT2D eigenvalue weighted by atomic mass is 9.94. The number of fused-ring (bicyclic) bond motifs is 1. The molecule has 2 N–H and O–H groups in total. The monoisotopic (exact) mass is 536 g/mol. The molecule has 8 nitrogen and oxygen atoms in total. The zero-order chi connectivity index (χ0) is 27.6. The van der Waals surface area contributed by atoms with Crippen molar-refractivity contribution in [1.82, 2.24) is 30.5 Å². The van der Waals surface area contributed by atoms with E-state index in [1.165, 1.54) is 16.7 Å². The second kappa shape index (κ2) is 11.2. The highest BCUT2D eigenvalue weighted by Gasteiger charge is 2.43. The zero-order valence-corrected chi connectivity index (χ0v) is 23.1. The van der Waals surface area contributed by atoms with Gasteiger partial charge in [0.05, 0.1) is 11.6 Å². The number of carbonyl (C=O) groups excluding carboxylic acids is 2. The zero-order valence-electron chi connectivity index (χ0n) is 23.1. The molecule has 3 heterocycles. The van der Waals surface area contributed by atoms with E-state index in [0.717, 1.165) is 36.0 Å². The SMILES string of the molecule is Cc1ccccc1CC1CC(C(=O)NCc2ccc3c(c2)nnn3C)N(C(=O)C2CC(c3ccccc3)CN2)C1. The van der Waals surface area contributed by atoms with E-state index in [2.05, 4.69) is 58.2 Å². The topological polar surface area (TPSA) is 92.2 Å². The molecule has 0 bridgehead atoms. The van der Waals surface area contributed by atoms with Gasteiger partial charge in [-0.1, -0.05) is 65.9 Å². The van der Waals surface area contributed by atoms with Crippen LogP contribution in [0, 0.1) is 12.8 Å². The van der Waals surface area contributed by atoms with Gasteiger partial charge in [-0.05, 0) is 72.4 Å². The van der Waals surface area contributed by atoms with Crippen LogP contribution in [-0.2, 0) is 29.6 Å². The van der Waals surface area contributed by atoms with Gasteiger partial charge in [0.15, 0.2) is 0 Å². The van der Waals surface area contributed by atoms with Crippen LogP contribution in [0.4, 0.5) is 0 Å². The molecule has 0 aliphatic carbocycles. The van der Waals surface area contributed by atoms with E-state index in [9.17, 15) is 9.59 Å². The maximum Gasteiger partial charge on any atom is 0.243 e. The standard InChI is InChI=1S/C32H36N6O2/c1-21-8-6-7-11-25(21)14-23-16-30(31(39)34-18-22-12-13-29-27(15-22)35-36-37(29)2)38(20-23)32(40)28-17-26(19-33-28)24-9-4-3-5-10-24/h3-13,15,23,26,28,30,33H,14,16-20H2,1-2H3,(H,34,39). The highest BCUT2D eigenvalue weighted by atomic mass is 16.2. The smallest absolute Gasteiger partial charge is 0.243 e. The molecule has 6 rings (SSSR count). The molecule has 4 unspecified atom stereocenters. The molecule has 2 aliphatic heterocycles. The maximum atomic E-state index is 13.9. The predicted octanol–water partition coefficient (Wildman–Crippen LogP) is 3.50. The number of rotatable bonds is 7. The third-order valence-electron chi connectivity index (χ3n) is 8.59. The van der Waals surface area contributed by atoms with Crippen LogP contribution >= 0.6 is 0 Å². The van der Waals surface area contributed by atoms with Gasteiger partial charge in [0.2, 0.25) is 11.8 Å². The largest absolute Gasteiger partial charge is 0.350 e. The molecule has 0 radical (unpaired) electrons. The van der Waals surface area contributed by atoms with Crippen molar-refractivity contribution in [2.45, 2.75) is 50.7 Å². The molecule has 0 spiro atoms. The fourth-order valence-electron chi connectivity index (χ4n) is 6.32. The Bertz CT molecular complexity index is 1520. The highest BCUT2D eigenvalue weighted by Crippen LogP contribution is 2.32. The van der Waals surface area contributed by atoms with E-state index in [0.29, 0.717) is 25.4 Å². The lowest BCUT2D eigenvalue weighted by Gasteiger charge is -2.27. The molecule has 40 heavy (non-hydrogen) atoms. The molecule has 0 saturated carbocycles. The number of amides is 2. The van der Waals surface area contributed by atoms with Crippen LogP contribution < -0.4 is 10.6 Å². The first-order valence-corrected chi connectivity index (χ1v) is 14.2. The first kappa shape index (κ1) is 26.2. The molecular formula is C32H36N6O2. The summed E-state index contributed by atoms with van der Waals surface area (Å²) in [6.07, 6.45) is 2.26. The molecule has 2 aliphatic rings. The van der Waals surface area contributed by atoms with Gasteiger partial charge in [0, 0.05) is 26.7 Å². The molecule has 4 atom stereocenters. The summed E-state index contributed by atoms with van der Waals surface area (Å²) in [7, 11) is 1.86. The van der Waals surface area contributed by atoms with E-state index in [1.807, 2.05) is 54.4 Å². The average Bonchev–Trinajstić information content (AvgIpc) is 3.72. The molecule has 2 amide bonds. The van der Waals surface area contributed by atoms with Crippen LogP contribution in [0.3, 0.4) is 0 Å². The van der Waals surface area contributed by atoms with Gasteiger partial charge in [-0.3, -0.25) is 9.59 Å². The summed E-state index contributed by atoms with van der Waals surface area (Å²) in [6, 6.07) is 23.9. The summed E-state index contributed by atoms with van der Waals surface area (Å²) in [4.78, 5) is 29.3. The van der Waals surface area contributed by atoms with Crippen molar-refractivity contribution in [3.63, 3.8) is 0 Å². The molecule has 4 aromatic rings. The quantitative estimate of drug-likeness (QED) is 0.377. The van der Waals surface area contributed by atoms with Crippen molar-refractivity contribution in [3.05, 3.63) is 95.1 Å². The number of aromatic nitrogens is 3. The lowest BCUT2D eigenvalue weighted by molar-refractivity contribution is -0.139. The first-order valence-electron chi connectivity index (χ1n) is 14.2. The van der Waals surface area contributed by atoms with E-state index in [1.54, 1.807) is 4.68 Å². The molecular weight excluding hydrogens is 500 g/mol. The number of carbonyl (C=O) groups is 2. The summed E-state index contributed by atoms with van der Waals surface area (Å²) in [6.45, 7) is 3.86. The summed E-state index contributed by atoms with van der Waals surface area (Å²) in [5.74, 6) is 0.455. The van der Waals surface area contributed by atoms with Crippen molar-refractivity contribution in [3.8, 4) is 0 Å². The van der Waals surface area contributed by atoms with Crippen molar-refractivity contribution in [1.29, 1.82) is 0 Å². The Labute approximate surface area is 234 Å². The van der Waals surface area contributed by atoms with Crippen molar-refractivity contribution >= 4 is 22.8 Å². The number of nitrogens with one attached hydrogen (secondary N) is 2. The van der Waals surface area contributed by atoms with Crippen molar-refractivity contribution in [2.75, 3.05) is 13.1 Å². The van der Waals surface area contributed by atoms with Crippen LogP contribution in [0.15, 0.2) is 72.8 Å². The molecule has 2 fully saturated rings. The average molecular weight is 537 g/mol. The Morgan fingerprint density at radius 3 is 2.65 bits per heavy atom. The normalized spacial score (nSPS) is 22.6. The molecule has 8 heteroatoms. The third kappa shape index (κ3) is 5.36. The van der Waals surface area contributed by atoms with Crippen molar-refractivity contribution in [2.24, 2.45) is 13.0 Å². The molecule has 2 saturated heterocycles. The number of hydrogen-bond acceptors (Lipinski definition) is 5.